The molecule has 2 aromatic rings. The van der Waals surface area contributed by atoms with Crippen molar-refractivity contribution in [3.63, 3.8) is 0 Å². The zero-order valence-corrected chi connectivity index (χ0v) is 16.0. The van der Waals surface area contributed by atoms with Crippen molar-refractivity contribution in [1.29, 1.82) is 0 Å². The second-order valence-electron chi connectivity index (χ2n) is 7.74. The van der Waals surface area contributed by atoms with Crippen molar-refractivity contribution >= 4 is 24.8 Å². The minimum absolute atomic E-state index is 0.337. The van der Waals surface area contributed by atoms with Crippen molar-refractivity contribution in [2.75, 3.05) is 25.0 Å². The summed E-state index contributed by atoms with van der Waals surface area (Å²) in [5, 5.41) is 1.51. The number of aliphatic imine (C=N–C) groups is 1. The van der Waals surface area contributed by atoms with Crippen LogP contribution in [-0.4, -0.2) is 49.5 Å². The highest BCUT2D eigenvalue weighted by Gasteiger charge is 2.37. The van der Waals surface area contributed by atoms with Crippen molar-refractivity contribution in [1.82, 2.24) is 9.99 Å². The van der Waals surface area contributed by atoms with Crippen molar-refractivity contribution in [2.45, 2.75) is 31.3 Å². The Kier molecular flexibility index (Phi) is 4.95. The fourth-order valence-electron chi connectivity index (χ4n) is 4.24. The first-order chi connectivity index (χ1) is 13.4. The second kappa shape index (κ2) is 7.27. The lowest BCUT2D eigenvalue weighted by molar-refractivity contribution is 0.253. The number of anilines is 1. The predicted molar refractivity (Wildman–Crippen MR) is 110 cm³/mol. The fourth-order valence-corrected chi connectivity index (χ4v) is 4.24. The Morgan fingerprint density at radius 1 is 1.32 bits per heavy atom. The maximum Gasteiger partial charge on any atom is 0.152 e. The van der Waals surface area contributed by atoms with Crippen molar-refractivity contribution in [3.05, 3.63) is 53.1 Å². The van der Waals surface area contributed by atoms with Crippen LogP contribution in [-0.2, 0) is 12.8 Å². The van der Waals surface area contributed by atoms with Crippen LogP contribution >= 0.6 is 0 Å². The molecule has 8 heteroatoms. The SMILES string of the molecule is [B]c1cccc2c1CCCCN2C1=NC(N)(CN(C)N)Cc2cncc(F)c21. The van der Waals surface area contributed by atoms with E-state index in [2.05, 4.69) is 9.88 Å². The second-order valence-corrected chi connectivity index (χ2v) is 7.74. The molecule has 1 atom stereocenters. The standard InChI is InChI=1S/C20H24BFN6/c1-27(24)12-20(23)9-13-10-25-11-16(22)18(13)19(26-20)28-8-3-2-5-14-15(21)6-4-7-17(14)28/h4,6-7,10-11H,2-3,5,8-9,12,23-24H2,1H3. The van der Waals surface area contributed by atoms with Crippen molar-refractivity contribution in [3.8, 4) is 0 Å². The highest BCUT2D eigenvalue weighted by molar-refractivity contribution is 6.34. The molecule has 1 aromatic heterocycles. The molecule has 3 heterocycles. The van der Waals surface area contributed by atoms with Crippen LogP contribution in [0.5, 0.6) is 0 Å². The first-order valence-corrected chi connectivity index (χ1v) is 9.50. The van der Waals surface area contributed by atoms with Gasteiger partial charge in [0, 0.05) is 31.9 Å². The first kappa shape index (κ1) is 19.0. The molecule has 28 heavy (non-hydrogen) atoms. The molecule has 144 valence electrons. The maximum absolute atomic E-state index is 14.9. The number of hydrogen-bond acceptors (Lipinski definition) is 6. The van der Waals surface area contributed by atoms with Gasteiger partial charge in [0.1, 0.15) is 19.3 Å². The summed E-state index contributed by atoms with van der Waals surface area (Å²) in [5.41, 5.74) is 9.62. The Morgan fingerprint density at radius 2 is 2.14 bits per heavy atom. The number of rotatable bonds is 2. The summed E-state index contributed by atoms with van der Waals surface area (Å²) >= 11 is 0. The third-order valence-electron chi connectivity index (χ3n) is 5.34. The third-order valence-corrected chi connectivity index (χ3v) is 5.34. The number of amidine groups is 1. The van der Waals surface area contributed by atoms with E-state index in [0.29, 0.717) is 30.9 Å². The number of benzene rings is 1. The zero-order valence-electron chi connectivity index (χ0n) is 16.0. The minimum Gasteiger partial charge on any atom is -0.326 e. The molecule has 2 aliphatic rings. The topological polar surface area (TPSA) is 83.8 Å². The van der Waals surface area contributed by atoms with Gasteiger partial charge < -0.3 is 10.6 Å². The summed E-state index contributed by atoms with van der Waals surface area (Å²) in [7, 11) is 7.99. The fraction of sp³-hybridized carbons (Fsp3) is 0.400. The van der Waals surface area contributed by atoms with E-state index in [1.54, 1.807) is 13.2 Å². The summed E-state index contributed by atoms with van der Waals surface area (Å²) in [6, 6.07) is 5.84. The van der Waals surface area contributed by atoms with Gasteiger partial charge in [-0.05, 0) is 36.5 Å². The summed E-state index contributed by atoms with van der Waals surface area (Å²) < 4.78 is 14.9. The predicted octanol–water partition coefficient (Wildman–Crippen LogP) is 0.621. The number of likely N-dealkylation sites (N-methyl/N-ethyl adjacent to an activating group) is 1. The average molecular weight is 378 g/mol. The highest BCUT2D eigenvalue weighted by atomic mass is 19.1. The number of fused-ring (bicyclic) bond motifs is 2. The van der Waals surface area contributed by atoms with Crippen LogP contribution < -0.4 is 21.9 Å². The van der Waals surface area contributed by atoms with Crippen LogP contribution in [0.4, 0.5) is 10.1 Å². The monoisotopic (exact) mass is 378 g/mol. The molecule has 0 amide bonds. The molecule has 0 spiro atoms. The molecule has 4 rings (SSSR count). The van der Waals surface area contributed by atoms with Gasteiger partial charge in [0.2, 0.25) is 0 Å². The van der Waals surface area contributed by atoms with Crippen LogP contribution in [0.15, 0.2) is 35.6 Å². The van der Waals surface area contributed by atoms with Gasteiger partial charge >= 0.3 is 0 Å². The maximum atomic E-state index is 14.9. The molecule has 0 aliphatic carbocycles. The van der Waals surface area contributed by atoms with Crippen LogP contribution in [0, 0.1) is 5.82 Å². The molecule has 0 saturated carbocycles. The van der Waals surface area contributed by atoms with Crippen molar-refractivity contribution < 1.29 is 4.39 Å². The molecule has 0 fully saturated rings. The minimum atomic E-state index is -0.964. The third kappa shape index (κ3) is 3.43. The molecule has 6 nitrogen and oxygen atoms in total. The van der Waals surface area contributed by atoms with Gasteiger partial charge in [0.15, 0.2) is 5.82 Å². The first-order valence-electron chi connectivity index (χ1n) is 9.50. The van der Waals surface area contributed by atoms with Gasteiger partial charge in [0.05, 0.1) is 18.3 Å². The van der Waals surface area contributed by atoms with E-state index in [1.807, 2.05) is 18.2 Å². The highest BCUT2D eigenvalue weighted by Crippen LogP contribution is 2.32. The number of pyridine rings is 1. The lowest BCUT2D eigenvalue weighted by Crippen LogP contribution is -2.55. The number of halogens is 1. The van der Waals surface area contributed by atoms with E-state index in [1.165, 1.54) is 11.2 Å². The Hall–Kier alpha value is -2.29. The van der Waals surface area contributed by atoms with Crippen molar-refractivity contribution in [2.24, 2.45) is 16.6 Å². The Bertz CT molecular complexity index is 931. The summed E-state index contributed by atoms with van der Waals surface area (Å²) in [4.78, 5) is 10.9. The summed E-state index contributed by atoms with van der Waals surface area (Å²) in [6.45, 7) is 1.05. The number of hydrazine groups is 1. The molecule has 1 aromatic carbocycles. The number of aromatic nitrogens is 1. The largest absolute Gasteiger partial charge is 0.326 e. The normalized spacial score (nSPS) is 21.8. The Balaban J connectivity index is 1.90. The van der Waals surface area contributed by atoms with E-state index in [-0.39, 0.29) is 0 Å². The molecule has 0 bridgehead atoms. The van der Waals surface area contributed by atoms with E-state index in [4.69, 9.17) is 24.4 Å². The number of hydrogen-bond donors (Lipinski definition) is 2. The van der Waals surface area contributed by atoms with E-state index in [9.17, 15) is 4.39 Å². The van der Waals surface area contributed by atoms with Gasteiger partial charge in [-0.2, -0.15) is 0 Å². The number of nitrogens with zero attached hydrogens (tertiary/aromatic N) is 4. The van der Waals surface area contributed by atoms with Gasteiger partial charge in [-0.1, -0.05) is 17.6 Å². The van der Waals surface area contributed by atoms with E-state index < -0.39 is 11.5 Å². The Morgan fingerprint density at radius 3 is 2.93 bits per heavy atom. The molecule has 1 unspecified atom stereocenters. The van der Waals surface area contributed by atoms with Crippen LogP contribution in [0.1, 0.15) is 29.5 Å². The molecule has 2 aliphatic heterocycles. The van der Waals surface area contributed by atoms with Crippen LogP contribution in [0.3, 0.4) is 0 Å². The van der Waals surface area contributed by atoms with Gasteiger partial charge in [-0.15, -0.1) is 0 Å². The molecular weight excluding hydrogens is 354 g/mol. The lowest BCUT2D eigenvalue weighted by Gasteiger charge is -2.37. The van der Waals surface area contributed by atoms with Gasteiger partial charge in [-0.25, -0.2) is 14.4 Å². The lowest BCUT2D eigenvalue weighted by atomic mass is 9.87. The number of nitrogens with two attached hydrogens (primary N) is 2. The summed E-state index contributed by atoms with van der Waals surface area (Å²) in [6.07, 6.45) is 6.11. The average Bonchev–Trinajstić information content (AvgIpc) is 2.83. The molecule has 2 radical (unpaired) electrons. The van der Waals surface area contributed by atoms with Gasteiger partial charge in [0.25, 0.3) is 0 Å². The van der Waals surface area contributed by atoms with Crippen LogP contribution in [0.2, 0.25) is 0 Å². The van der Waals surface area contributed by atoms with Gasteiger partial charge in [-0.3, -0.25) is 10.8 Å². The molecular formula is C20H24BFN6. The zero-order chi connectivity index (χ0) is 19.9. The quantitative estimate of drug-likeness (QED) is 0.455. The van der Waals surface area contributed by atoms with E-state index >= 15 is 0 Å². The molecule has 4 N–H and O–H groups in total. The molecule has 0 saturated heterocycles. The van der Waals surface area contributed by atoms with E-state index in [0.717, 1.165) is 41.5 Å². The van der Waals surface area contributed by atoms with Crippen LogP contribution in [0.25, 0.3) is 0 Å². The summed E-state index contributed by atoms with van der Waals surface area (Å²) in [5.74, 6) is 6.00. The Labute approximate surface area is 165 Å². The smallest absolute Gasteiger partial charge is 0.152 e.